The molecule has 0 aliphatic heterocycles. The number of ether oxygens (including phenoxy) is 1. The molecule has 1 aliphatic rings. The summed E-state index contributed by atoms with van der Waals surface area (Å²) in [5.41, 5.74) is 0. The zero-order chi connectivity index (χ0) is 10.4. The molecular formula is C12H25NO. The molecule has 1 saturated carbocycles. The Bertz CT molecular complexity index is 143. The quantitative estimate of drug-likeness (QED) is 0.710. The van der Waals surface area contributed by atoms with E-state index >= 15 is 0 Å². The second kappa shape index (κ2) is 6.41. The van der Waals surface area contributed by atoms with Crippen LogP contribution >= 0.6 is 0 Å². The Hall–Kier alpha value is -0.0800. The maximum absolute atomic E-state index is 5.59. The molecule has 0 bridgehead atoms. The Labute approximate surface area is 88.4 Å². The smallest absolute Gasteiger partial charge is 0.0726 e. The highest BCUT2D eigenvalue weighted by Gasteiger charge is 2.29. The summed E-state index contributed by atoms with van der Waals surface area (Å²) < 4.78 is 5.59. The third-order valence-electron chi connectivity index (χ3n) is 3.52. The first-order valence-electron chi connectivity index (χ1n) is 6.03. The van der Waals surface area contributed by atoms with Crippen LogP contribution in [0.4, 0.5) is 0 Å². The predicted molar refractivity (Wildman–Crippen MR) is 60.5 cm³/mol. The molecule has 0 saturated heterocycles. The van der Waals surface area contributed by atoms with Crippen molar-refractivity contribution in [2.24, 2.45) is 5.92 Å². The van der Waals surface area contributed by atoms with E-state index in [9.17, 15) is 0 Å². The third-order valence-corrected chi connectivity index (χ3v) is 3.52. The van der Waals surface area contributed by atoms with Gasteiger partial charge in [0.1, 0.15) is 0 Å². The number of nitrogens with one attached hydrogen (secondary N) is 1. The van der Waals surface area contributed by atoms with Crippen LogP contribution in [0.5, 0.6) is 0 Å². The van der Waals surface area contributed by atoms with Crippen LogP contribution in [0.3, 0.4) is 0 Å². The first kappa shape index (κ1) is 12.0. The van der Waals surface area contributed by atoms with Crippen LogP contribution < -0.4 is 5.32 Å². The Morgan fingerprint density at radius 3 is 2.43 bits per heavy atom. The Morgan fingerprint density at radius 2 is 2.00 bits per heavy atom. The van der Waals surface area contributed by atoms with Crippen molar-refractivity contribution in [2.45, 2.75) is 57.6 Å². The summed E-state index contributed by atoms with van der Waals surface area (Å²) in [5.74, 6) is 0.844. The van der Waals surface area contributed by atoms with Gasteiger partial charge in [0.2, 0.25) is 0 Å². The highest BCUT2D eigenvalue weighted by Crippen LogP contribution is 2.30. The lowest BCUT2D eigenvalue weighted by molar-refractivity contribution is 0.0441. The molecule has 14 heavy (non-hydrogen) atoms. The fourth-order valence-corrected chi connectivity index (χ4v) is 2.77. The van der Waals surface area contributed by atoms with Crippen molar-refractivity contribution in [3.63, 3.8) is 0 Å². The van der Waals surface area contributed by atoms with Crippen molar-refractivity contribution >= 4 is 0 Å². The summed E-state index contributed by atoms with van der Waals surface area (Å²) in [6.45, 7) is 2.23. The zero-order valence-corrected chi connectivity index (χ0v) is 9.88. The number of rotatable bonds is 6. The summed E-state index contributed by atoms with van der Waals surface area (Å²) in [6, 6.07) is 0.572. The zero-order valence-electron chi connectivity index (χ0n) is 9.88. The van der Waals surface area contributed by atoms with Gasteiger partial charge in [-0.3, -0.25) is 0 Å². The molecule has 0 radical (unpaired) electrons. The van der Waals surface area contributed by atoms with E-state index in [0.717, 1.165) is 5.92 Å². The van der Waals surface area contributed by atoms with Crippen molar-refractivity contribution in [1.29, 1.82) is 0 Å². The molecule has 84 valence electrons. The van der Waals surface area contributed by atoms with Gasteiger partial charge < -0.3 is 10.1 Å². The van der Waals surface area contributed by atoms with E-state index in [2.05, 4.69) is 19.3 Å². The minimum Gasteiger partial charge on any atom is -0.380 e. The summed E-state index contributed by atoms with van der Waals surface area (Å²) in [7, 11) is 3.92. The molecule has 1 aliphatic carbocycles. The van der Waals surface area contributed by atoms with Gasteiger partial charge in [-0.2, -0.15) is 0 Å². The van der Waals surface area contributed by atoms with Crippen LogP contribution in [0.1, 0.15) is 45.4 Å². The third kappa shape index (κ3) is 2.96. The molecule has 1 fully saturated rings. The van der Waals surface area contributed by atoms with Gasteiger partial charge >= 0.3 is 0 Å². The van der Waals surface area contributed by atoms with Gasteiger partial charge in [0.05, 0.1) is 6.10 Å². The molecule has 0 spiro atoms. The molecule has 2 nitrogen and oxygen atoms in total. The topological polar surface area (TPSA) is 21.3 Å². The van der Waals surface area contributed by atoms with Crippen LogP contribution in [0.2, 0.25) is 0 Å². The maximum Gasteiger partial charge on any atom is 0.0726 e. The van der Waals surface area contributed by atoms with Crippen molar-refractivity contribution in [2.75, 3.05) is 14.2 Å². The highest BCUT2D eigenvalue weighted by molar-refractivity contribution is 4.85. The molecule has 0 aromatic carbocycles. The Balaban J connectivity index is 2.48. The van der Waals surface area contributed by atoms with Crippen molar-refractivity contribution in [3.8, 4) is 0 Å². The van der Waals surface area contributed by atoms with Crippen molar-refractivity contribution in [3.05, 3.63) is 0 Å². The SMILES string of the molecule is CCCC(OC)C(NC)C1CCCC1. The standard InChI is InChI=1S/C12H25NO/c1-4-7-11(14-3)12(13-2)10-8-5-6-9-10/h10-13H,4-9H2,1-3H3. The fourth-order valence-electron chi connectivity index (χ4n) is 2.77. The summed E-state index contributed by atoms with van der Waals surface area (Å²) in [5, 5.41) is 3.45. The van der Waals surface area contributed by atoms with Gasteiger partial charge in [0.15, 0.2) is 0 Å². The molecule has 2 atom stereocenters. The number of hydrogen-bond acceptors (Lipinski definition) is 2. The summed E-state index contributed by atoms with van der Waals surface area (Å²) >= 11 is 0. The molecule has 0 amide bonds. The van der Waals surface area contributed by atoms with E-state index in [0.29, 0.717) is 12.1 Å². The molecule has 1 rings (SSSR count). The summed E-state index contributed by atoms with van der Waals surface area (Å²) in [6.07, 6.45) is 8.39. The monoisotopic (exact) mass is 199 g/mol. The Kier molecular flexibility index (Phi) is 5.49. The van der Waals surface area contributed by atoms with Crippen LogP contribution in [0, 0.1) is 5.92 Å². The molecule has 0 aromatic rings. The fraction of sp³-hybridized carbons (Fsp3) is 1.00. The molecule has 0 aromatic heterocycles. The van der Waals surface area contributed by atoms with Gasteiger partial charge in [-0.05, 0) is 32.2 Å². The minimum absolute atomic E-state index is 0.410. The lowest BCUT2D eigenvalue weighted by atomic mass is 9.91. The molecule has 0 heterocycles. The van der Waals surface area contributed by atoms with E-state index in [1.54, 1.807) is 0 Å². The lowest BCUT2D eigenvalue weighted by Crippen LogP contribution is -2.43. The van der Waals surface area contributed by atoms with Gasteiger partial charge in [-0.1, -0.05) is 26.2 Å². The summed E-state index contributed by atoms with van der Waals surface area (Å²) in [4.78, 5) is 0. The van der Waals surface area contributed by atoms with Crippen molar-refractivity contribution in [1.82, 2.24) is 5.32 Å². The number of methoxy groups -OCH3 is 1. The predicted octanol–water partition coefficient (Wildman–Crippen LogP) is 2.58. The van der Waals surface area contributed by atoms with Crippen molar-refractivity contribution < 1.29 is 4.74 Å². The largest absolute Gasteiger partial charge is 0.380 e. The normalized spacial score (nSPS) is 22.5. The highest BCUT2D eigenvalue weighted by atomic mass is 16.5. The minimum atomic E-state index is 0.410. The van der Waals surface area contributed by atoms with Gasteiger partial charge in [-0.25, -0.2) is 0 Å². The van der Waals surface area contributed by atoms with E-state index in [1.807, 2.05) is 7.11 Å². The maximum atomic E-state index is 5.59. The first-order valence-corrected chi connectivity index (χ1v) is 6.03. The van der Waals surface area contributed by atoms with Crippen LogP contribution in [-0.4, -0.2) is 26.3 Å². The average molecular weight is 199 g/mol. The van der Waals surface area contributed by atoms with E-state index < -0.39 is 0 Å². The van der Waals surface area contributed by atoms with E-state index in [4.69, 9.17) is 4.74 Å². The van der Waals surface area contributed by atoms with Crippen LogP contribution in [-0.2, 0) is 4.74 Å². The molecule has 1 N–H and O–H groups in total. The van der Waals surface area contributed by atoms with Gasteiger partial charge in [0.25, 0.3) is 0 Å². The number of hydrogen-bond donors (Lipinski definition) is 1. The Morgan fingerprint density at radius 1 is 1.36 bits per heavy atom. The van der Waals surface area contributed by atoms with Crippen LogP contribution in [0.15, 0.2) is 0 Å². The second-order valence-corrected chi connectivity index (χ2v) is 4.42. The van der Waals surface area contributed by atoms with Gasteiger partial charge in [-0.15, -0.1) is 0 Å². The first-order chi connectivity index (χ1) is 6.83. The van der Waals surface area contributed by atoms with Gasteiger partial charge in [0, 0.05) is 13.2 Å². The molecular weight excluding hydrogens is 174 g/mol. The van der Waals surface area contributed by atoms with Crippen LogP contribution in [0.25, 0.3) is 0 Å². The van der Waals surface area contributed by atoms with E-state index in [1.165, 1.54) is 38.5 Å². The second-order valence-electron chi connectivity index (χ2n) is 4.42. The van der Waals surface area contributed by atoms with E-state index in [-0.39, 0.29) is 0 Å². The molecule has 2 unspecified atom stereocenters. The number of likely N-dealkylation sites (N-methyl/N-ethyl adjacent to an activating group) is 1. The molecule has 2 heteroatoms. The lowest BCUT2D eigenvalue weighted by Gasteiger charge is -2.30. The average Bonchev–Trinajstić information content (AvgIpc) is 2.71.